The van der Waals surface area contributed by atoms with Gasteiger partial charge < -0.3 is 10.2 Å². The molecule has 0 heterocycles. The van der Waals surface area contributed by atoms with E-state index in [0.717, 1.165) is 6.07 Å². The zero-order valence-corrected chi connectivity index (χ0v) is 14.3. The van der Waals surface area contributed by atoms with Gasteiger partial charge in [0.05, 0.1) is 22.1 Å². The molecule has 7 nitrogen and oxygen atoms in total. The standard InChI is InChI=1S/C15H20ClN3O4/c1-5-18(9-13(20)17-15(2,3)4)14(21)11-7-6-10(19(22)23)8-12(11)16/h6-8H,5,9H2,1-4H3,(H,17,20). The van der Waals surface area contributed by atoms with E-state index in [2.05, 4.69) is 5.32 Å². The zero-order chi connectivity index (χ0) is 17.8. The van der Waals surface area contributed by atoms with Crippen LogP contribution in [0.3, 0.4) is 0 Å². The van der Waals surface area contributed by atoms with Crippen LogP contribution < -0.4 is 5.32 Å². The Morgan fingerprint density at radius 2 is 1.96 bits per heavy atom. The van der Waals surface area contributed by atoms with Crippen LogP contribution in [0.4, 0.5) is 5.69 Å². The van der Waals surface area contributed by atoms with Crippen molar-refractivity contribution >= 4 is 29.1 Å². The van der Waals surface area contributed by atoms with E-state index in [4.69, 9.17) is 11.6 Å². The molecule has 0 spiro atoms. The Kier molecular flexibility index (Phi) is 6.09. The van der Waals surface area contributed by atoms with Gasteiger partial charge in [0.2, 0.25) is 5.91 Å². The van der Waals surface area contributed by atoms with Gasteiger partial charge in [-0.25, -0.2) is 0 Å². The van der Waals surface area contributed by atoms with Gasteiger partial charge in [-0.2, -0.15) is 0 Å². The fourth-order valence-electron chi connectivity index (χ4n) is 1.92. The Morgan fingerprint density at radius 1 is 1.35 bits per heavy atom. The number of amides is 2. The lowest BCUT2D eigenvalue weighted by Crippen LogP contribution is -2.47. The number of nitro groups is 1. The number of hydrogen-bond donors (Lipinski definition) is 1. The van der Waals surface area contributed by atoms with Crippen LogP contribution in [0, 0.1) is 10.1 Å². The van der Waals surface area contributed by atoms with Gasteiger partial charge in [0, 0.05) is 24.2 Å². The molecule has 1 N–H and O–H groups in total. The number of carbonyl (C=O) groups excluding carboxylic acids is 2. The number of nitro benzene ring substituents is 1. The quantitative estimate of drug-likeness (QED) is 0.658. The maximum Gasteiger partial charge on any atom is 0.270 e. The summed E-state index contributed by atoms with van der Waals surface area (Å²) in [5.74, 6) is -0.734. The lowest BCUT2D eigenvalue weighted by Gasteiger charge is -2.25. The first-order valence-corrected chi connectivity index (χ1v) is 7.47. The molecule has 0 fully saturated rings. The summed E-state index contributed by atoms with van der Waals surface area (Å²) in [6.07, 6.45) is 0. The summed E-state index contributed by atoms with van der Waals surface area (Å²) >= 11 is 5.96. The Hall–Kier alpha value is -2.15. The number of halogens is 1. The van der Waals surface area contributed by atoms with Gasteiger partial charge >= 0.3 is 0 Å². The highest BCUT2D eigenvalue weighted by Gasteiger charge is 2.23. The molecular weight excluding hydrogens is 322 g/mol. The summed E-state index contributed by atoms with van der Waals surface area (Å²) in [5, 5.41) is 13.5. The van der Waals surface area contributed by atoms with Gasteiger partial charge in [-0.3, -0.25) is 19.7 Å². The molecule has 0 saturated heterocycles. The number of non-ortho nitro benzene ring substituents is 1. The molecule has 0 unspecified atom stereocenters. The average molecular weight is 342 g/mol. The fraction of sp³-hybridized carbons (Fsp3) is 0.467. The molecule has 0 atom stereocenters. The lowest BCUT2D eigenvalue weighted by atomic mass is 10.1. The molecule has 0 aliphatic rings. The first-order valence-electron chi connectivity index (χ1n) is 7.09. The third-order valence-electron chi connectivity index (χ3n) is 2.91. The van der Waals surface area contributed by atoms with Gasteiger partial charge in [-0.1, -0.05) is 11.6 Å². The van der Waals surface area contributed by atoms with E-state index < -0.39 is 16.4 Å². The molecule has 1 aromatic carbocycles. The van der Waals surface area contributed by atoms with Crippen molar-refractivity contribution in [3.63, 3.8) is 0 Å². The highest BCUT2D eigenvalue weighted by atomic mass is 35.5. The zero-order valence-electron chi connectivity index (χ0n) is 13.6. The summed E-state index contributed by atoms with van der Waals surface area (Å²) in [7, 11) is 0. The van der Waals surface area contributed by atoms with E-state index in [1.807, 2.05) is 20.8 Å². The molecule has 1 aromatic rings. The number of rotatable bonds is 5. The van der Waals surface area contributed by atoms with E-state index in [1.54, 1.807) is 6.92 Å². The van der Waals surface area contributed by atoms with Crippen LogP contribution in [0.15, 0.2) is 18.2 Å². The second-order valence-electron chi connectivity index (χ2n) is 6.04. The molecule has 8 heteroatoms. The molecule has 0 aromatic heterocycles. The van der Waals surface area contributed by atoms with Crippen molar-refractivity contribution in [3.8, 4) is 0 Å². The van der Waals surface area contributed by atoms with E-state index in [9.17, 15) is 19.7 Å². The maximum atomic E-state index is 12.5. The van der Waals surface area contributed by atoms with Crippen molar-refractivity contribution in [2.75, 3.05) is 13.1 Å². The summed E-state index contributed by atoms with van der Waals surface area (Å²) < 4.78 is 0. The highest BCUT2D eigenvalue weighted by molar-refractivity contribution is 6.34. The largest absolute Gasteiger partial charge is 0.350 e. The van der Waals surface area contributed by atoms with Crippen LogP contribution in [0.2, 0.25) is 5.02 Å². The SMILES string of the molecule is CCN(CC(=O)NC(C)(C)C)C(=O)c1ccc([N+](=O)[O-])cc1Cl. The normalized spacial score (nSPS) is 11.0. The van der Waals surface area contributed by atoms with Crippen molar-refractivity contribution in [2.24, 2.45) is 0 Å². The molecular formula is C15H20ClN3O4. The van der Waals surface area contributed by atoms with Crippen molar-refractivity contribution in [1.82, 2.24) is 10.2 Å². The summed E-state index contributed by atoms with van der Waals surface area (Å²) in [4.78, 5) is 35.9. The van der Waals surface area contributed by atoms with E-state index in [0.29, 0.717) is 6.54 Å². The second kappa shape index (κ2) is 7.41. The van der Waals surface area contributed by atoms with Crippen LogP contribution in [0.5, 0.6) is 0 Å². The van der Waals surface area contributed by atoms with Crippen LogP contribution >= 0.6 is 11.6 Å². The average Bonchev–Trinajstić information content (AvgIpc) is 2.41. The number of nitrogens with zero attached hydrogens (tertiary/aromatic N) is 2. The summed E-state index contributed by atoms with van der Waals surface area (Å²) in [6, 6.07) is 3.63. The minimum absolute atomic E-state index is 0.0149. The monoisotopic (exact) mass is 341 g/mol. The van der Waals surface area contributed by atoms with Crippen molar-refractivity contribution in [3.05, 3.63) is 38.9 Å². The number of likely N-dealkylation sites (N-methyl/N-ethyl adjacent to an activating group) is 1. The van der Waals surface area contributed by atoms with Crippen LogP contribution in [0.1, 0.15) is 38.1 Å². The minimum Gasteiger partial charge on any atom is -0.350 e. The smallest absolute Gasteiger partial charge is 0.270 e. The topological polar surface area (TPSA) is 92.6 Å². The molecule has 126 valence electrons. The van der Waals surface area contributed by atoms with Crippen LogP contribution in [-0.4, -0.2) is 40.3 Å². The molecule has 0 bridgehead atoms. The number of benzene rings is 1. The van der Waals surface area contributed by atoms with E-state index in [-0.39, 0.29) is 28.7 Å². The lowest BCUT2D eigenvalue weighted by molar-refractivity contribution is -0.384. The van der Waals surface area contributed by atoms with Gasteiger partial charge in [0.1, 0.15) is 0 Å². The molecule has 1 rings (SSSR count). The molecule has 0 saturated carbocycles. The third kappa shape index (κ3) is 5.52. The van der Waals surface area contributed by atoms with E-state index in [1.165, 1.54) is 17.0 Å². The number of carbonyl (C=O) groups is 2. The Bertz CT molecular complexity index is 626. The number of nitrogens with one attached hydrogen (secondary N) is 1. The third-order valence-corrected chi connectivity index (χ3v) is 3.22. The molecule has 0 radical (unpaired) electrons. The molecule has 2 amide bonds. The number of hydrogen-bond acceptors (Lipinski definition) is 4. The van der Waals surface area contributed by atoms with E-state index >= 15 is 0 Å². The fourth-order valence-corrected chi connectivity index (χ4v) is 2.18. The Balaban J connectivity index is 2.93. The Morgan fingerprint density at radius 3 is 2.39 bits per heavy atom. The van der Waals surface area contributed by atoms with Gasteiger partial charge in [-0.05, 0) is 33.8 Å². The van der Waals surface area contributed by atoms with Crippen molar-refractivity contribution < 1.29 is 14.5 Å². The first kappa shape index (κ1) is 18.9. The first-order chi connectivity index (χ1) is 10.5. The van der Waals surface area contributed by atoms with Gasteiger partial charge in [-0.15, -0.1) is 0 Å². The van der Waals surface area contributed by atoms with Crippen molar-refractivity contribution in [1.29, 1.82) is 0 Å². The summed E-state index contributed by atoms with van der Waals surface area (Å²) in [6.45, 7) is 7.47. The second-order valence-corrected chi connectivity index (χ2v) is 6.45. The van der Waals surface area contributed by atoms with Gasteiger partial charge in [0.25, 0.3) is 11.6 Å². The Labute approximate surface area is 139 Å². The molecule has 0 aliphatic carbocycles. The molecule has 0 aliphatic heterocycles. The predicted octanol–water partition coefficient (Wildman–Crippen LogP) is 2.63. The van der Waals surface area contributed by atoms with Crippen molar-refractivity contribution in [2.45, 2.75) is 33.2 Å². The maximum absolute atomic E-state index is 12.5. The van der Waals surface area contributed by atoms with Crippen LogP contribution in [0.25, 0.3) is 0 Å². The minimum atomic E-state index is -0.589. The van der Waals surface area contributed by atoms with Gasteiger partial charge in [0.15, 0.2) is 0 Å². The highest BCUT2D eigenvalue weighted by Crippen LogP contribution is 2.23. The summed E-state index contributed by atoms with van der Waals surface area (Å²) in [5.41, 5.74) is -0.465. The molecule has 23 heavy (non-hydrogen) atoms. The van der Waals surface area contributed by atoms with Crippen LogP contribution in [-0.2, 0) is 4.79 Å². The predicted molar refractivity (Wildman–Crippen MR) is 87.6 cm³/mol.